The summed E-state index contributed by atoms with van der Waals surface area (Å²) in [5.74, 6) is 1.82. The van der Waals surface area contributed by atoms with Gasteiger partial charge >= 0.3 is 0 Å². The van der Waals surface area contributed by atoms with Gasteiger partial charge in [-0.2, -0.15) is 5.10 Å². The highest BCUT2D eigenvalue weighted by Gasteiger charge is 2.27. The van der Waals surface area contributed by atoms with E-state index in [4.69, 9.17) is 15.1 Å². The number of anilines is 1. The van der Waals surface area contributed by atoms with E-state index in [0.29, 0.717) is 19.6 Å². The Balaban J connectivity index is 1.79. The Morgan fingerprint density at radius 2 is 1.78 bits per heavy atom. The molecule has 0 unspecified atom stereocenters. The molecule has 4 rings (SSSR count). The van der Waals surface area contributed by atoms with Crippen molar-refractivity contribution in [2.45, 2.75) is 46.5 Å². The molecule has 1 saturated heterocycles. The van der Waals surface area contributed by atoms with Crippen LogP contribution in [0.2, 0.25) is 0 Å². The molecule has 0 N–H and O–H groups in total. The summed E-state index contributed by atoms with van der Waals surface area (Å²) >= 11 is 0. The monoisotopic (exact) mass is 456 g/mol. The molecule has 3 heterocycles. The lowest BCUT2D eigenvalue weighted by Crippen LogP contribution is -2.36. The van der Waals surface area contributed by atoms with Crippen LogP contribution in [0.1, 0.15) is 44.6 Å². The van der Waals surface area contributed by atoms with Gasteiger partial charge < -0.3 is 4.90 Å². The molecule has 1 fully saturated rings. The summed E-state index contributed by atoms with van der Waals surface area (Å²) in [4.78, 5) is 12.1. The van der Waals surface area contributed by atoms with Gasteiger partial charge in [0.05, 0.1) is 22.5 Å². The second-order valence-electron chi connectivity index (χ2n) is 8.24. The third-order valence-electron chi connectivity index (χ3n) is 6.00. The van der Waals surface area contributed by atoms with Crippen molar-refractivity contribution in [2.75, 3.05) is 36.8 Å². The van der Waals surface area contributed by atoms with Gasteiger partial charge in [0.25, 0.3) is 0 Å². The molecule has 8 nitrogen and oxygen atoms in total. The maximum atomic E-state index is 12.4. The normalized spacial score (nSPS) is 15.9. The first kappa shape index (κ1) is 22.7. The minimum absolute atomic E-state index is 0.134. The molecule has 172 valence electrons. The van der Waals surface area contributed by atoms with Crippen LogP contribution in [0.15, 0.2) is 30.3 Å². The first-order chi connectivity index (χ1) is 15.4. The van der Waals surface area contributed by atoms with Crippen LogP contribution >= 0.6 is 0 Å². The van der Waals surface area contributed by atoms with Crippen LogP contribution in [-0.4, -0.2) is 64.4 Å². The fourth-order valence-electron chi connectivity index (χ4n) is 4.20. The van der Waals surface area contributed by atoms with Gasteiger partial charge in [-0.3, -0.25) is 0 Å². The summed E-state index contributed by atoms with van der Waals surface area (Å²) in [5.41, 5.74) is 2.66. The summed E-state index contributed by atoms with van der Waals surface area (Å²) < 4.78 is 28.4. The van der Waals surface area contributed by atoms with E-state index in [1.165, 1.54) is 0 Å². The van der Waals surface area contributed by atoms with Crippen LogP contribution in [-0.2, 0) is 16.4 Å². The highest BCUT2D eigenvalue weighted by Crippen LogP contribution is 2.30. The zero-order chi connectivity index (χ0) is 22.7. The van der Waals surface area contributed by atoms with Crippen molar-refractivity contribution in [3.63, 3.8) is 0 Å². The Labute approximate surface area is 190 Å². The van der Waals surface area contributed by atoms with E-state index in [1.54, 1.807) is 11.2 Å². The molecular weight excluding hydrogens is 424 g/mol. The van der Waals surface area contributed by atoms with Crippen molar-refractivity contribution in [3.05, 3.63) is 41.9 Å². The van der Waals surface area contributed by atoms with Crippen molar-refractivity contribution in [1.82, 2.24) is 24.1 Å². The Hall–Kier alpha value is -2.52. The first-order valence-corrected chi connectivity index (χ1v) is 13.1. The minimum Gasteiger partial charge on any atom is -0.355 e. The Morgan fingerprint density at radius 1 is 1.00 bits per heavy atom. The van der Waals surface area contributed by atoms with E-state index < -0.39 is 10.0 Å². The number of para-hydroxylation sites is 1. The molecule has 1 aromatic carbocycles. The van der Waals surface area contributed by atoms with Crippen LogP contribution in [0.3, 0.4) is 0 Å². The van der Waals surface area contributed by atoms with Gasteiger partial charge in [-0.05, 0) is 38.8 Å². The highest BCUT2D eigenvalue weighted by atomic mass is 32.2. The molecule has 0 bridgehead atoms. The molecular formula is C23H32N6O2S. The zero-order valence-corrected chi connectivity index (χ0v) is 20.0. The summed E-state index contributed by atoms with van der Waals surface area (Å²) in [5, 5.41) is 5.75. The number of aromatic nitrogens is 4. The van der Waals surface area contributed by atoms with E-state index >= 15 is 0 Å². The molecule has 9 heteroatoms. The van der Waals surface area contributed by atoms with Gasteiger partial charge in [0.15, 0.2) is 5.65 Å². The van der Waals surface area contributed by atoms with Gasteiger partial charge in [0.1, 0.15) is 11.6 Å². The number of benzene rings is 1. The van der Waals surface area contributed by atoms with E-state index in [-0.39, 0.29) is 5.75 Å². The minimum atomic E-state index is -3.20. The third kappa shape index (κ3) is 4.49. The first-order valence-electron chi connectivity index (χ1n) is 11.5. The van der Waals surface area contributed by atoms with Crippen LogP contribution in [0.4, 0.5) is 5.82 Å². The molecule has 2 aromatic heterocycles. The smallest absolute Gasteiger partial charge is 0.213 e. The van der Waals surface area contributed by atoms with Crippen LogP contribution in [0.5, 0.6) is 0 Å². The van der Waals surface area contributed by atoms with Crippen LogP contribution < -0.4 is 4.90 Å². The lowest BCUT2D eigenvalue weighted by molar-refractivity contribution is 0.434. The van der Waals surface area contributed by atoms with Gasteiger partial charge in [0.2, 0.25) is 10.0 Å². The molecule has 0 radical (unpaired) electrons. The number of sulfonamides is 1. The summed E-state index contributed by atoms with van der Waals surface area (Å²) in [6, 6.07) is 10.0. The number of unbranched alkanes of at least 4 members (excludes halogenated alkanes) is 1. The van der Waals surface area contributed by atoms with Crippen molar-refractivity contribution in [2.24, 2.45) is 0 Å². The maximum absolute atomic E-state index is 12.4. The molecule has 1 aliphatic rings. The third-order valence-corrected chi connectivity index (χ3v) is 7.88. The van der Waals surface area contributed by atoms with E-state index in [0.717, 1.165) is 66.3 Å². The van der Waals surface area contributed by atoms with Crippen LogP contribution in [0, 0.1) is 6.92 Å². The standard InChI is InChI=1S/C23H32N6O2S/c1-4-6-13-20-24-22(27-14-10-15-28(17-16-27)32(30,31)5-2)21-18(3)26-29(23(21)25-20)19-11-8-7-9-12-19/h7-9,11-12H,4-6,10,13-17H2,1-3H3. The lowest BCUT2D eigenvalue weighted by atomic mass is 10.2. The number of hydrogen-bond donors (Lipinski definition) is 0. The molecule has 0 aliphatic carbocycles. The average molecular weight is 457 g/mol. The lowest BCUT2D eigenvalue weighted by Gasteiger charge is -2.23. The molecule has 32 heavy (non-hydrogen) atoms. The van der Waals surface area contributed by atoms with Crippen molar-refractivity contribution in [1.29, 1.82) is 0 Å². The van der Waals surface area contributed by atoms with Crippen molar-refractivity contribution < 1.29 is 8.42 Å². The fraction of sp³-hybridized carbons (Fsp3) is 0.522. The molecule has 0 amide bonds. The number of nitrogens with zero attached hydrogens (tertiary/aromatic N) is 6. The quantitative estimate of drug-likeness (QED) is 0.542. The van der Waals surface area contributed by atoms with Gasteiger partial charge in [-0.1, -0.05) is 31.5 Å². The molecule has 0 saturated carbocycles. The zero-order valence-electron chi connectivity index (χ0n) is 19.2. The van der Waals surface area contributed by atoms with Crippen molar-refractivity contribution >= 4 is 26.9 Å². The Kier molecular flexibility index (Phi) is 6.76. The number of hydrogen-bond acceptors (Lipinski definition) is 6. The molecule has 0 spiro atoms. The predicted octanol–water partition coefficient (Wildman–Crippen LogP) is 3.33. The SMILES string of the molecule is CCCCc1nc(N2CCCN(S(=O)(=O)CC)CC2)c2c(C)nn(-c3ccccc3)c2n1. The summed E-state index contributed by atoms with van der Waals surface area (Å²) in [6.07, 6.45) is 3.66. The average Bonchev–Trinajstić information content (AvgIpc) is 2.98. The fourth-order valence-corrected chi connectivity index (χ4v) is 5.33. The van der Waals surface area contributed by atoms with E-state index in [1.807, 2.05) is 41.9 Å². The predicted molar refractivity (Wildman–Crippen MR) is 128 cm³/mol. The number of fused-ring (bicyclic) bond motifs is 1. The molecule has 1 aliphatic heterocycles. The summed E-state index contributed by atoms with van der Waals surface area (Å²) in [6.45, 7) is 8.23. The van der Waals surface area contributed by atoms with E-state index in [2.05, 4.69) is 11.8 Å². The Morgan fingerprint density at radius 3 is 2.50 bits per heavy atom. The second kappa shape index (κ2) is 9.54. The highest BCUT2D eigenvalue weighted by molar-refractivity contribution is 7.89. The second-order valence-corrected chi connectivity index (χ2v) is 10.5. The Bertz CT molecular complexity index is 1180. The van der Waals surface area contributed by atoms with Crippen molar-refractivity contribution in [3.8, 4) is 5.69 Å². The van der Waals surface area contributed by atoms with E-state index in [9.17, 15) is 8.42 Å². The summed E-state index contributed by atoms with van der Waals surface area (Å²) in [7, 11) is -3.20. The largest absolute Gasteiger partial charge is 0.355 e. The molecule has 3 aromatic rings. The van der Waals surface area contributed by atoms with Gasteiger partial charge in [-0.25, -0.2) is 27.4 Å². The van der Waals surface area contributed by atoms with Crippen LogP contribution in [0.25, 0.3) is 16.7 Å². The topological polar surface area (TPSA) is 84.2 Å². The number of aryl methyl sites for hydroxylation is 2. The molecule has 0 atom stereocenters. The van der Waals surface area contributed by atoms with Gasteiger partial charge in [-0.15, -0.1) is 0 Å². The number of rotatable bonds is 7. The maximum Gasteiger partial charge on any atom is 0.213 e. The van der Waals surface area contributed by atoms with Gasteiger partial charge in [0, 0.05) is 32.6 Å².